The Kier molecular flexibility index (Phi) is 6.97. The fraction of sp³-hybridized carbons (Fsp3) is 0.0385. The largest absolute Gasteiger partial charge is 0.484 e. The standard InChI is InChI=1S/C26H19ClN2O4/c27-24-8-4-3-7-23(24)26(31)33-21-12-9-18(10-13-21)16-28-29-25(30)17-32-22-14-11-19-5-1-2-6-20(19)15-22/h1-16H,17H2,(H,29,30)/b28-16+. The van der Waals surface area contributed by atoms with Gasteiger partial charge in [0.15, 0.2) is 6.61 Å². The summed E-state index contributed by atoms with van der Waals surface area (Å²) in [6, 6.07) is 26.9. The third-order valence-electron chi connectivity index (χ3n) is 4.68. The zero-order valence-electron chi connectivity index (χ0n) is 17.4. The summed E-state index contributed by atoms with van der Waals surface area (Å²) in [5.41, 5.74) is 3.42. The molecule has 0 saturated heterocycles. The predicted octanol–water partition coefficient (Wildman–Crippen LogP) is 5.24. The van der Waals surface area contributed by atoms with Crippen molar-refractivity contribution in [2.45, 2.75) is 0 Å². The number of carbonyl (C=O) groups excluding carboxylic acids is 2. The normalized spacial score (nSPS) is 10.8. The van der Waals surface area contributed by atoms with Crippen LogP contribution in [0.25, 0.3) is 10.8 Å². The Morgan fingerprint density at radius 2 is 1.55 bits per heavy atom. The number of halogens is 1. The third kappa shape index (κ3) is 5.96. The van der Waals surface area contributed by atoms with Crippen LogP contribution in [-0.4, -0.2) is 24.7 Å². The molecular formula is C26H19ClN2O4. The first-order valence-corrected chi connectivity index (χ1v) is 10.5. The summed E-state index contributed by atoms with van der Waals surface area (Å²) in [4.78, 5) is 24.2. The molecule has 1 amide bonds. The molecule has 0 aliphatic rings. The van der Waals surface area contributed by atoms with E-state index in [1.807, 2.05) is 42.5 Å². The number of fused-ring (bicyclic) bond motifs is 1. The van der Waals surface area contributed by atoms with Gasteiger partial charge in [-0.05, 0) is 64.9 Å². The van der Waals surface area contributed by atoms with Crippen LogP contribution in [0.2, 0.25) is 5.02 Å². The zero-order chi connectivity index (χ0) is 23.0. The molecule has 0 atom stereocenters. The zero-order valence-corrected chi connectivity index (χ0v) is 18.2. The van der Waals surface area contributed by atoms with E-state index in [1.54, 1.807) is 48.5 Å². The molecule has 1 N–H and O–H groups in total. The predicted molar refractivity (Wildman–Crippen MR) is 128 cm³/mol. The van der Waals surface area contributed by atoms with Crippen molar-refractivity contribution in [3.05, 3.63) is 107 Å². The minimum Gasteiger partial charge on any atom is -0.484 e. The molecule has 0 spiro atoms. The van der Waals surface area contributed by atoms with E-state index in [4.69, 9.17) is 21.1 Å². The Morgan fingerprint density at radius 3 is 2.33 bits per heavy atom. The van der Waals surface area contributed by atoms with Crippen molar-refractivity contribution < 1.29 is 19.1 Å². The van der Waals surface area contributed by atoms with Gasteiger partial charge in [0, 0.05) is 0 Å². The van der Waals surface area contributed by atoms with Crippen LogP contribution in [0.15, 0.2) is 96.1 Å². The number of hydrogen-bond acceptors (Lipinski definition) is 5. The molecule has 0 radical (unpaired) electrons. The first-order valence-electron chi connectivity index (χ1n) is 10.1. The van der Waals surface area contributed by atoms with Crippen molar-refractivity contribution in [1.82, 2.24) is 5.43 Å². The van der Waals surface area contributed by atoms with E-state index in [2.05, 4.69) is 10.5 Å². The van der Waals surface area contributed by atoms with Crippen molar-refractivity contribution in [1.29, 1.82) is 0 Å². The number of carbonyl (C=O) groups is 2. The molecule has 0 saturated carbocycles. The van der Waals surface area contributed by atoms with E-state index in [0.717, 1.165) is 10.8 Å². The van der Waals surface area contributed by atoms with Crippen molar-refractivity contribution >= 4 is 40.5 Å². The number of hydrogen-bond donors (Lipinski definition) is 1. The highest BCUT2D eigenvalue weighted by Gasteiger charge is 2.12. The minimum absolute atomic E-state index is 0.160. The molecule has 0 aliphatic heterocycles. The fourth-order valence-electron chi connectivity index (χ4n) is 3.03. The highest BCUT2D eigenvalue weighted by Crippen LogP contribution is 2.21. The van der Waals surface area contributed by atoms with Gasteiger partial charge in [0.25, 0.3) is 5.91 Å². The lowest BCUT2D eigenvalue weighted by Gasteiger charge is -2.06. The minimum atomic E-state index is -0.541. The van der Waals surface area contributed by atoms with Crippen molar-refractivity contribution in [3.8, 4) is 11.5 Å². The van der Waals surface area contributed by atoms with Crippen molar-refractivity contribution in [2.24, 2.45) is 5.10 Å². The van der Waals surface area contributed by atoms with Gasteiger partial charge in [-0.1, -0.05) is 54.1 Å². The van der Waals surface area contributed by atoms with Crippen LogP contribution < -0.4 is 14.9 Å². The van der Waals surface area contributed by atoms with Gasteiger partial charge in [0.05, 0.1) is 16.8 Å². The van der Waals surface area contributed by atoms with E-state index < -0.39 is 5.97 Å². The number of benzene rings is 4. The molecule has 6 nitrogen and oxygen atoms in total. The van der Waals surface area contributed by atoms with Gasteiger partial charge in [0.1, 0.15) is 11.5 Å². The summed E-state index contributed by atoms with van der Waals surface area (Å²) in [7, 11) is 0. The molecular weight excluding hydrogens is 440 g/mol. The average Bonchev–Trinajstić information content (AvgIpc) is 2.84. The summed E-state index contributed by atoms with van der Waals surface area (Å²) in [6.45, 7) is -0.160. The van der Waals surface area contributed by atoms with Crippen LogP contribution in [0.1, 0.15) is 15.9 Å². The number of amides is 1. The summed E-state index contributed by atoms with van der Waals surface area (Å²) in [5, 5.41) is 6.39. The third-order valence-corrected chi connectivity index (χ3v) is 5.01. The number of hydrazone groups is 1. The molecule has 7 heteroatoms. The highest BCUT2D eigenvalue weighted by atomic mass is 35.5. The molecule has 0 unspecified atom stereocenters. The van der Waals surface area contributed by atoms with E-state index in [0.29, 0.717) is 27.6 Å². The smallest absolute Gasteiger partial charge is 0.345 e. The van der Waals surface area contributed by atoms with Crippen LogP contribution in [0, 0.1) is 0 Å². The molecule has 0 bridgehead atoms. The molecule has 4 aromatic rings. The summed E-state index contributed by atoms with van der Waals surface area (Å²) >= 11 is 6.01. The van der Waals surface area contributed by atoms with Crippen LogP contribution in [0.4, 0.5) is 0 Å². The molecule has 33 heavy (non-hydrogen) atoms. The Bertz CT molecular complexity index is 1320. The molecule has 164 valence electrons. The first kappa shape index (κ1) is 22.0. The maximum atomic E-state index is 12.2. The maximum absolute atomic E-state index is 12.2. The summed E-state index contributed by atoms with van der Waals surface area (Å²) in [5.74, 6) is 0.0463. The second-order valence-corrected chi connectivity index (χ2v) is 7.44. The monoisotopic (exact) mass is 458 g/mol. The van der Waals surface area contributed by atoms with Gasteiger partial charge in [-0.2, -0.15) is 5.10 Å². The van der Waals surface area contributed by atoms with Gasteiger partial charge in [-0.15, -0.1) is 0 Å². The second kappa shape index (κ2) is 10.4. The number of ether oxygens (including phenoxy) is 2. The van der Waals surface area contributed by atoms with Gasteiger partial charge in [-0.3, -0.25) is 4.79 Å². The topological polar surface area (TPSA) is 77.0 Å². The Morgan fingerprint density at radius 1 is 0.848 bits per heavy atom. The van der Waals surface area contributed by atoms with Crippen LogP contribution >= 0.6 is 11.6 Å². The van der Waals surface area contributed by atoms with Gasteiger partial charge >= 0.3 is 5.97 Å². The number of esters is 1. The fourth-order valence-corrected chi connectivity index (χ4v) is 3.24. The highest BCUT2D eigenvalue weighted by molar-refractivity contribution is 6.33. The van der Waals surface area contributed by atoms with Gasteiger partial charge in [0.2, 0.25) is 0 Å². The molecule has 0 fully saturated rings. The van der Waals surface area contributed by atoms with E-state index in [9.17, 15) is 9.59 Å². The van der Waals surface area contributed by atoms with E-state index >= 15 is 0 Å². The molecule has 4 rings (SSSR count). The Labute approximate surface area is 195 Å². The van der Waals surface area contributed by atoms with Crippen LogP contribution in [0.5, 0.6) is 11.5 Å². The maximum Gasteiger partial charge on any atom is 0.345 e. The second-order valence-electron chi connectivity index (χ2n) is 7.03. The van der Waals surface area contributed by atoms with Crippen molar-refractivity contribution in [2.75, 3.05) is 6.61 Å². The Balaban J connectivity index is 1.26. The number of nitrogens with zero attached hydrogens (tertiary/aromatic N) is 1. The van der Waals surface area contributed by atoms with E-state index in [1.165, 1.54) is 6.21 Å². The van der Waals surface area contributed by atoms with Crippen molar-refractivity contribution in [3.63, 3.8) is 0 Å². The van der Waals surface area contributed by atoms with Gasteiger partial charge in [-0.25, -0.2) is 10.2 Å². The molecule has 0 aromatic heterocycles. The first-order chi connectivity index (χ1) is 16.1. The SMILES string of the molecule is O=C(COc1ccc2ccccc2c1)N/N=C/c1ccc(OC(=O)c2ccccc2Cl)cc1. The van der Waals surface area contributed by atoms with Gasteiger partial charge < -0.3 is 9.47 Å². The molecule has 0 heterocycles. The number of rotatable bonds is 7. The van der Waals surface area contributed by atoms with E-state index in [-0.39, 0.29) is 12.5 Å². The lowest BCUT2D eigenvalue weighted by molar-refractivity contribution is -0.123. The summed E-state index contributed by atoms with van der Waals surface area (Å²) < 4.78 is 10.9. The quantitative estimate of drug-likeness (QED) is 0.178. The lowest BCUT2D eigenvalue weighted by atomic mass is 10.1. The average molecular weight is 459 g/mol. The number of nitrogens with one attached hydrogen (secondary N) is 1. The van der Waals surface area contributed by atoms with Crippen LogP contribution in [0.3, 0.4) is 0 Å². The lowest BCUT2D eigenvalue weighted by Crippen LogP contribution is -2.24. The Hall–Kier alpha value is -4.16. The summed E-state index contributed by atoms with van der Waals surface area (Å²) in [6.07, 6.45) is 1.48. The van der Waals surface area contributed by atoms with Crippen LogP contribution in [-0.2, 0) is 4.79 Å². The molecule has 4 aromatic carbocycles. The molecule has 0 aliphatic carbocycles.